The van der Waals surface area contributed by atoms with Crippen LogP contribution in [-0.4, -0.2) is 46.0 Å². The lowest BCUT2D eigenvalue weighted by atomic mass is 10.1. The largest absolute Gasteiger partial charge is 0.380 e. The first kappa shape index (κ1) is 25.2. The SMILES string of the molecule is NS(=O)(=O)c1ccc(CNc2nc(NC3CC3)c3nc(-c4ccc(NC(=O)C5(O)CC5)cc4)ccc3n2)cc1. The summed E-state index contributed by atoms with van der Waals surface area (Å²) in [6.07, 6.45) is 3.10. The first-order valence-corrected chi connectivity index (χ1v) is 14.2. The molecule has 0 saturated heterocycles. The Kier molecular flexibility index (Phi) is 6.17. The Morgan fingerprint density at radius 2 is 1.69 bits per heavy atom. The fraction of sp³-hybridized carbons (Fsp3) is 0.259. The van der Waals surface area contributed by atoms with Gasteiger partial charge in [0.2, 0.25) is 16.0 Å². The number of anilines is 3. The Hall–Kier alpha value is -4.13. The molecule has 2 aliphatic carbocycles. The van der Waals surface area contributed by atoms with Crippen LogP contribution in [0.3, 0.4) is 0 Å². The van der Waals surface area contributed by atoms with E-state index in [4.69, 9.17) is 10.1 Å². The number of rotatable bonds is 9. The number of carbonyl (C=O) groups is 1. The topological polar surface area (TPSA) is 172 Å². The summed E-state index contributed by atoms with van der Waals surface area (Å²) in [7, 11) is -3.74. The number of carbonyl (C=O) groups excluding carboxylic acids is 1. The van der Waals surface area contributed by atoms with Gasteiger partial charge in [0.05, 0.1) is 16.1 Å². The average Bonchev–Trinajstić information content (AvgIpc) is 3.86. The summed E-state index contributed by atoms with van der Waals surface area (Å²) in [4.78, 5) is 26.3. The van der Waals surface area contributed by atoms with Crippen LogP contribution in [0.2, 0.25) is 0 Å². The molecular weight excluding hydrogens is 518 g/mol. The number of nitrogens with zero attached hydrogens (tertiary/aromatic N) is 3. The maximum atomic E-state index is 12.1. The minimum Gasteiger partial charge on any atom is -0.380 e. The third kappa shape index (κ3) is 5.67. The van der Waals surface area contributed by atoms with Crippen molar-refractivity contribution >= 4 is 44.4 Å². The van der Waals surface area contributed by atoms with Crippen molar-refractivity contribution in [2.45, 2.75) is 48.8 Å². The van der Waals surface area contributed by atoms with Gasteiger partial charge in [-0.2, -0.15) is 4.98 Å². The lowest BCUT2D eigenvalue weighted by molar-refractivity contribution is -0.125. The smallest absolute Gasteiger partial charge is 0.256 e. The van der Waals surface area contributed by atoms with Crippen LogP contribution in [0.15, 0.2) is 65.6 Å². The molecule has 2 aromatic heterocycles. The van der Waals surface area contributed by atoms with Gasteiger partial charge in [0.15, 0.2) is 5.82 Å². The van der Waals surface area contributed by atoms with E-state index in [1.807, 2.05) is 24.3 Å². The lowest BCUT2D eigenvalue weighted by Gasteiger charge is -2.13. The molecule has 6 rings (SSSR count). The highest BCUT2D eigenvalue weighted by Gasteiger charge is 2.48. The van der Waals surface area contributed by atoms with E-state index in [1.54, 1.807) is 24.3 Å². The van der Waals surface area contributed by atoms with Gasteiger partial charge in [-0.05, 0) is 67.6 Å². The molecule has 0 unspecified atom stereocenters. The zero-order valence-electron chi connectivity index (χ0n) is 20.9. The van der Waals surface area contributed by atoms with Gasteiger partial charge in [0.1, 0.15) is 11.1 Å². The number of sulfonamides is 1. The van der Waals surface area contributed by atoms with E-state index in [-0.39, 0.29) is 10.8 Å². The highest BCUT2D eigenvalue weighted by atomic mass is 32.2. The number of nitrogens with one attached hydrogen (secondary N) is 3. The van der Waals surface area contributed by atoms with Crippen LogP contribution in [0.25, 0.3) is 22.3 Å². The predicted molar refractivity (Wildman–Crippen MR) is 147 cm³/mol. The molecular formula is C27H27N7O4S. The minimum atomic E-state index is -3.74. The molecule has 0 spiro atoms. The Morgan fingerprint density at radius 1 is 0.974 bits per heavy atom. The van der Waals surface area contributed by atoms with Crippen molar-refractivity contribution in [1.82, 2.24) is 15.0 Å². The van der Waals surface area contributed by atoms with Crippen molar-refractivity contribution < 1.29 is 18.3 Å². The number of amides is 1. The number of hydrogen-bond donors (Lipinski definition) is 5. The Labute approximate surface area is 225 Å². The van der Waals surface area contributed by atoms with E-state index in [1.165, 1.54) is 12.1 Å². The third-order valence-corrected chi connectivity index (χ3v) is 7.68. The van der Waals surface area contributed by atoms with Crippen LogP contribution >= 0.6 is 0 Å². The molecule has 4 aromatic rings. The van der Waals surface area contributed by atoms with Crippen molar-refractivity contribution in [2.75, 3.05) is 16.0 Å². The van der Waals surface area contributed by atoms with E-state index in [0.717, 1.165) is 29.7 Å². The van der Waals surface area contributed by atoms with Crippen LogP contribution in [-0.2, 0) is 21.4 Å². The van der Waals surface area contributed by atoms with Gasteiger partial charge in [-0.3, -0.25) is 4.79 Å². The van der Waals surface area contributed by atoms with Gasteiger partial charge in [-0.15, -0.1) is 0 Å². The van der Waals surface area contributed by atoms with Gasteiger partial charge in [0.25, 0.3) is 5.91 Å². The molecule has 2 aliphatic rings. The van der Waals surface area contributed by atoms with Crippen molar-refractivity contribution in [3.8, 4) is 11.3 Å². The number of aromatic nitrogens is 3. The second-order valence-electron chi connectivity index (χ2n) is 9.98. The third-order valence-electron chi connectivity index (χ3n) is 6.75. The highest BCUT2D eigenvalue weighted by Crippen LogP contribution is 2.36. The molecule has 0 atom stereocenters. The fourth-order valence-corrected chi connectivity index (χ4v) is 4.59. The Bertz CT molecular complexity index is 1670. The molecule has 2 saturated carbocycles. The molecule has 200 valence electrons. The summed E-state index contributed by atoms with van der Waals surface area (Å²) < 4.78 is 23.0. The van der Waals surface area contributed by atoms with Crippen LogP contribution < -0.4 is 21.1 Å². The molecule has 12 heteroatoms. The monoisotopic (exact) mass is 545 g/mol. The Morgan fingerprint density at radius 3 is 2.33 bits per heavy atom. The van der Waals surface area contributed by atoms with E-state index in [2.05, 4.69) is 25.9 Å². The second-order valence-corrected chi connectivity index (χ2v) is 11.5. The first-order chi connectivity index (χ1) is 18.7. The quantitative estimate of drug-likeness (QED) is 0.212. The first-order valence-electron chi connectivity index (χ1n) is 12.6. The molecule has 2 aromatic carbocycles. The zero-order chi connectivity index (χ0) is 27.2. The maximum absolute atomic E-state index is 12.1. The summed E-state index contributed by atoms with van der Waals surface area (Å²) in [5.41, 5.74) is 3.15. The van der Waals surface area contributed by atoms with Gasteiger partial charge >= 0.3 is 0 Å². The molecule has 6 N–H and O–H groups in total. The number of benzene rings is 2. The van der Waals surface area contributed by atoms with Crippen molar-refractivity contribution in [2.24, 2.45) is 5.14 Å². The number of hydrogen-bond acceptors (Lipinski definition) is 9. The van der Waals surface area contributed by atoms with Crippen LogP contribution in [0.5, 0.6) is 0 Å². The Balaban J connectivity index is 1.22. The van der Waals surface area contributed by atoms with Gasteiger partial charge in [-0.1, -0.05) is 24.3 Å². The lowest BCUT2D eigenvalue weighted by Crippen LogP contribution is -2.29. The standard InChI is InChI=1S/C27H27N7O4S/c28-39(37,38)20-9-1-16(2-10-20)15-29-26-33-22-12-11-21(32-23(22)24(34-26)30-18-7-8-18)17-3-5-19(6-4-17)31-25(35)27(36)13-14-27/h1-6,9-12,18,36H,7-8,13-15H2,(H,31,35)(H2,28,37,38)(H2,29,30,33,34). The normalized spacial score (nSPS) is 16.1. The minimum absolute atomic E-state index is 0.0576. The van der Waals surface area contributed by atoms with Crippen molar-refractivity contribution in [3.05, 3.63) is 66.2 Å². The summed E-state index contributed by atoms with van der Waals surface area (Å²) in [5, 5.41) is 24.5. The number of primary sulfonamides is 1. The molecule has 0 aliphatic heterocycles. The number of nitrogens with two attached hydrogens (primary N) is 1. The van der Waals surface area contributed by atoms with Gasteiger partial charge in [0, 0.05) is 23.8 Å². The van der Waals surface area contributed by atoms with E-state index < -0.39 is 15.6 Å². The number of aliphatic hydroxyl groups is 1. The predicted octanol–water partition coefficient (Wildman–Crippen LogP) is 2.99. The summed E-state index contributed by atoms with van der Waals surface area (Å²) in [5.74, 6) is 0.683. The molecule has 2 heterocycles. The van der Waals surface area contributed by atoms with E-state index in [9.17, 15) is 18.3 Å². The van der Waals surface area contributed by atoms with Gasteiger partial charge < -0.3 is 21.1 Å². The highest BCUT2D eigenvalue weighted by molar-refractivity contribution is 7.89. The molecule has 1 amide bonds. The summed E-state index contributed by atoms with van der Waals surface area (Å²) in [6, 6.07) is 17.7. The fourth-order valence-electron chi connectivity index (χ4n) is 4.07. The maximum Gasteiger partial charge on any atom is 0.256 e. The van der Waals surface area contributed by atoms with E-state index >= 15 is 0 Å². The molecule has 2 fully saturated rings. The molecule has 0 radical (unpaired) electrons. The second kappa shape index (κ2) is 9.56. The molecule has 11 nitrogen and oxygen atoms in total. The zero-order valence-corrected chi connectivity index (χ0v) is 21.7. The number of pyridine rings is 1. The molecule has 0 bridgehead atoms. The van der Waals surface area contributed by atoms with Crippen LogP contribution in [0.1, 0.15) is 31.2 Å². The van der Waals surface area contributed by atoms with Crippen molar-refractivity contribution in [3.63, 3.8) is 0 Å². The van der Waals surface area contributed by atoms with Crippen LogP contribution in [0, 0.1) is 0 Å². The van der Waals surface area contributed by atoms with Gasteiger partial charge in [-0.25, -0.2) is 23.5 Å². The number of fused-ring (bicyclic) bond motifs is 1. The van der Waals surface area contributed by atoms with Crippen LogP contribution in [0.4, 0.5) is 17.5 Å². The molecule has 39 heavy (non-hydrogen) atoms. The summed E-state index contributed by atoms with van der Waals surface area (Å²) >= 11 is 0. The van der Waals surface area contributed by atoms with Crippen molar-refractivity contribution in [1.29, 1.82) is 0 Å². The summed E-state index contributed by atoms with van der Waals surface area (Å²) in [6.45, 7) is 0.394. The van der Waals surface area contributed by atoms with E-state index in [0.29, 0.717) is 53.9 Å². The average molecular weight is 546 g/mol.